The minimum absolute atomic E-state index is 0.179. The molecule has 30 heavy (non-hydrogen) atoms. The van der Waals surface area contributed by atoms with Gasteiger partial charge in [-0.2, -0.15) is 0 Å². The number of nitrogens with two attached hydrogens (primary N) is 1. The van der Waals surface area contributed by atoms with Crippen LogP contribution in [0.25, 0.3) is 0 Å². The van der Waals surface area contributed by atoms with Crippen molar-refractivity contribution < 1.29 is 22.0 Å². The molecule has 0 aliphatic carbocycles. The summed E-state index contributed by atoms with van der Waals surface area (Å²) in [6, 6.07) is 5.47. The predicted molar refractivity (Wildman–Crippen MR) is 110 cm³/mol. The first-order valence-electron chi connectivity index (χ1n) is 9.29. The van der Waals surface area contributed by atoms with E-state index in [-0.39, 0.29) is 34.9 Å². The molecular formula is C21H23F2N3O3S. The van der Waals surface area contributed by atoms with Crippen LogP contribution >= 0.6 is 0 Å². The number of carbonyl (C=O) groups excluding carboxylic acids is 1. The molecule has 6 nitrogen and oxygen atoms in total. The SMILES string of the molecule is Cc1ccc(C(=O)Cc2cc(F)c(F)c([C@]3(C)CS(=O)(=O)C(C)(C)C(N)=N3)c2)nc1. The molecule has 160 valence electrons. The van der Waals surface area contributed by atoms with Crippen LogP contribution in [0.1, 0.15) is 48.0 Å². The van der Waals surface area contributed by atoms with E-state index in [0.29, 0.717) is 0 Å². The number of aliphatic imine (C=N–C) groups is 1. The van der Waals surface area contributed by atoms with E-state index in [1.165, 1.54) is 33.0 Å². The number of aryl methyl sites for hydroxylation is 1. The molecule has 1 aromatic carbocycles. The molecule has 2 heterocycles. The molecule has 0 saturated heterocycles. The first kappa shape index (κ1) is 22.0. The molecule has 2 N–H and O–H groups in total. The Hall–Kier alpha value is -2.68. The number of ketones is 1. The summed E-state index contributed by atoms with van der Waals surface area (Å²) < 4.78 is 53.2. The van der Waals surface area contributed by atoms with Crippen molar-refractivity contribution in [3.05, 3.63) is 64.5 Å². The highest BCUT2D eigenvalue weighted by Gasteiger charge is 2.49. The third-order valence-electron chi connectivity index (χ3n) is 5.46. The van der Waals surface area contributed by atoms with Crippen molar-refractivity contribution in [2.45, 2.75) is 44.4 Å². The van der Waals surface area contributed by atoms with Gasteiger partial charge in [-0.15, -0.1) is 0 Å². The van der Waals surface area contributed by atoms with Gasteiger partial charge in [0, 0.05) is 18.2 Å². The highest BCUT2D eigenvalue weighted by molar-refractivity contribution is 7.93. The Morgan fingerprint density at radius 1 is 1.20 bits per heavy atom. The smallest absolute Gasteiger partial charge is 0.185 e. The molecule has 9 heteroatoms. The van der Waals surface area contributed by atoms with Crippen LogP contribution in [0, 0.1) is 18.6 Å². The zero-order chi connectivity index (χ0) is 22.5. The fourth-order valence-electron chi connectivity index (χ4n) is 3.33. The van der Waals surface area contributed by atoms with Crippen molar-refractivity contribution in [2.24, 2.45) is 10.7 Å². The van der Waals surface area contributed by atoms with Crippen LogP contribution in [-0.2, 0) is 21.8 Å². The number of nitrogens with zero attached hydrogens (tertiary/aromatic N) is 2. The zero-order valence-electron chi connectivity index (χ0n) is 17.2. The summed E-state index contributed by atoms with van der Waals surface area (Å²) in [6.45, 7) is 6.05. The average molecular weight is 435 g/mol. The van der Waals surface area contributed by atoms with Crippen LogP contribution in [0.5, 0.6) is 0 Å². The Kier molecular flexibility index (Phi) is 5.30. The number of hydrogen-bond acceptors (Lipinski definition) is 6. The molecule has 1 aliphatic heterocycles. The van der Waals surface area contributed by atoms with Gasteiger partial charge in [-0.3, -0.25) is 14.8 Å². The summed E-state index contributed by atoms with van der Waals surface area (Å²) in [5, 5.41) is 0. The maximum atomic E-state index is 14.7. The Morgan fingerprint density at radius 2 is 1.87 bits per heavy atom. The Bertz CT molecular complexity index is 1160. The molecule has 1 aromatic heterocycles. The number of Topliss-reactive ketones (excluding diaryl/α,β-unsaturated/α-hetero) is 1. The van der Waals surface area contributed by atoms with Crippen molar-refractivity contribution in [1.82, 2.24) is 4.98 Å². The third kappa shape index (κ3) is 3.74. The number of aromatic nitrogens is 1. The van der Waals surface area contributed by atoms with Gasteiger partial charge in [0.05, 0.1) is 5.75 Å². The lowest BCUT2D eigenvalue weighted by Gasteiger charge is -2.38. The largest absolute Gasteiger partial charge is 0.386 e. The maximum absolute atomic E-state index is 14.7. The quantitative estimate of drug-likeness (QED) is 0.744. The van der Waals surface area contributed by atoms with Gasteiger partial charge in [-0.25, -0.2) is 17.2 Å². The van der Waals surface area contributed by atoms with E-state index in [1.807, 2.05) is 6.92 Å². The Labute approximate surface area is 174 Å². The van der Waals surface area contributed by atoms with E-state index < -0.39 is 37.5 Å². The van der Waals surface area contributed by atoms with E-state index >= 15 is 0 Å². The molecule has 1 aliphatic rings. The summed E-state index contributed by atoms with van der Waals surface area (Å²) in [5.41, 5.74) is 5.27. The summed E-state index contributed by atoms with van der Waals surface area (Å²) in [5.74, 6) is -3.50. The fraction of sp³-hybridized carbons (Fsp3) is 0.381. The predicted octanol–water partition coefficient (Wildman–Crippen LogP) is 2.87. The van der Waals surface area contributed by atoms with Crippen molar-refractivity contribution in [3.63, 3.8) is 0 Å². The van der Waals surface area contributed by atoms with Crippen LogP contribution in [0.15, 0.2) is 35.5 Å². The molecule has 0 fully saturated rings. The summed E-state index contributed by atoms with van der Waals surface area (Å²) in [4.78, 5) is 20.8. The number of rotatable bonds is 4. The standard InChI is InChI=1S/C21H23F2N3O3S/c1-12-5-6-16(25-10-12)17(27)9-13-7-14(18(23)15(22)8-13)21(4)11-30(28,29)20(2,3)19(24)26-21/h5-8,10H,9,11H2,1-4H3,(H2,24,26)/t21-/m0/s1. The van der Waals surface area contributed by atoms with Crippen molar-refractivity contribution in [3.8, 4) is 0 Å². The van der Waals surface area contributed by atoms with Gasteiger partial charge >= 0.3 is 0 Å². The fourth-order valence-corrected chi connectivity index (χ4v) is 5.01. The average Bonchev–Trinajstić information content (AvgIpc) is 2.63. The topological polar surface area (TPSA) is 102 Å². The minimum Gasteiger partial charge on any atom is -0.386 e. The van der Waals surface area contributed by atoms with E-state index in [2.05, 4.69) is 9.98 Å². The Morgan fingerprint density at radius 3 is 2.43 bits per heavy atom. The monoisotopic (exact) mass is 435 g/mol. The van der Waals surface area contributed by atoms with E-state index in [0.717, 1.165) is 11.6 Å². The minimum atomic E-state index is -3.80. The highest BCUT2D eigenvalue weighted by atomic mass is 32.2. The molecule has 0 saturated carbocycles. The maximum Gasteiger partial charge on any atom is 0.185 e. The number of sulfone groups is 1. The summed E-state index contributed by atoms with van der Waals surface area (Å²) in [6.07, 6.45) is 1.31. The van der Waals surface area contributed by atoms with Gasteiger partial charge in [0.25, 0.3) is 0 Å². The molecule has 1 atom stereocenters. The van der Waals surface area contributed by atoms with E-state index in [1.54, 1.807) is 12.1 Å². The summed E-state index contributed by atoms with van der Waals surface area (Å²) in [7, 11) is -3.80. The third-order valence-corrected chi connectivity index (χ3v) is 8.17. The Balaban J connectivity index is 2.05. The van der Waals surface area contributed by atoms with Crippen LogP contribution in [0.3, 0.4) is 0 Å². The number of hydrogen-bond donors (Lipinski definition) is 1. The van der Waals surface area contributed by atoms with Gasteiger partial charge in [0.15, 0.2) is 27.3 Å². The van der Waals surface area contributed by atoms with Crippen LogP contribution in [-0.4, -0.2) is 35.5 Å². The molecular weight excluding hydrogens is 412 g/mol. The molecule has 0 unspecified atom stereocenters. The van der Waals surface area contributed by atoms with Gasteiger partial charge in [0.1, 0.15) is 21.8 Å². The number of amidine groups is 1. The van der Waals surface area contributed by atoms with Crippen molar-refractivity contribution in [2.75, 3.05) is 5.75 Å². The second-order valence-electron chi connectivity index (χ2n) is 8.30. The normalized spacial score (nSPS) is 22.4. The molecule has 2 aromatic rings. The summed E-state index contributed by atoms with van der Waals surface area (Å²) >= 11 is 0. The van der Waals surface area contributed by atoms with Gasteiger partial charge in [-0.1, -0.05) is 6.07 Å². The van der Waals surface area contributed by atoms with Crippen LogP contribution in [0.2, 0.25) is 0 Å². The lowest BCUT2D eigenvalue weighted by Crippen LogP contribution is -2.55. The number of halogens is 2. The molecule has 0 amide bonds. The first-order chi connectivity index (χ1) is 13.8. The molecule has 3 rings (SSSR count). The van der Waals surface area contributed by atoms with E-state index in [4.69, 9.17) is 5.73 Å². The number of pyridine rings is 1. The number of benzene rings is 1. The van der Waals surface area contributed by atoms with Gasteiger partial charge < -0.3 is 5.73 Å². The number of carbonyl (C=O) groups is 1. The lowest BCUT2D eigenvalue weighted by atomic mass is 9.90. The van der Waals surface area contributed by atoms with Crippen molar-refractivity contribution in [1.29, 1.82) is 0 Å². The molecule has 0 spiro atoms. The highest BCUT2D eigenvalue weighted by Crippen LogP contribution is 2.38. The first-order valence-corrected chi connectivity index (χ1v) is 10.9. The lowest BCUT2D eigenvalue weighted by molar-refractivity contribution is 0.0988. The van der Waals surface area contributed by atoms with Crippen molar-refractivity contribution >= 4 is 21.5 Å². The van der Waals surface area contributed by atoms with E-state index in [9.17, 15) is 22.0 Å². The van der Waals surface area contributed by atoms with Crippen LogP contribution in [0.4, 0.5) is 8.78 Å². The second kappa shape index (κ2) is 7.23. The molecule has 0 radical (unpaired) electrons. The van der Waals surface area contributed by atoms with Crippen LogP contribution < -0.4 is 5.73 Å². The van der Waals surface area contributed by atoms with Gasteiger partial charge in [0.2, 0.25) is 0 Å². The zero-order valence-corrected chi connectivity index (χ0v) is 18.0. The second-order valence-corrected chi connectivity index (χ2v) is 10.8. The molecule has 0 bridgehead atoms. The van der Waals surface area contributed by atoms with Gasteiger partial charge in [-0.05, 0) is 57.0 Å².